The average Bonchev–Trinajstić information content (AvgIpc) is 3.91. The predicted molar refractivity (Wildman–Crippen MR) is 186 cm³/mol. The first kappa shape index (κ1) is 34.5. The number of hydrogen-bond acceptors (Lipinski definition) is 5. The van der Waals surface area contributed by atoms with Gasteiger partial charge in [0.1, 0.15) is 23.3 Å². The summed E-state index contributed by atoms with van der Waals surface area (Å²) in [5.74, 6) is 0.866. The van der Waals surface area contributed by atoms with E-state index in [0.29, 0.717) is 64.8 Å². The number of carbonyl (C=O) groups excluding carboxylic acids is 2. The topological polar surface area (TPSA) is 101 Å². The second kappa shape index (κ2) is 14.6. The Bertz CT molecular complexity index is 1800. The molecule has 0 bridgehead atoms. The third-order valence-corrected chi connectivity index (χ3v) is 10.1. The summed E-state index contributed by atoms with van der Waals surface area (Å²) in [6, 6.07) is 9.12. The molecule has 0 spiro atoms. The summed E-state index contributed by atoms with van der Waals surface area (Å²) in [6.45, 7) is 13.1. The quantitative estimate of drug-likeness (QED) is 0.172. The van der Waals surface area contributed by atoms with Gasteiger partial charge in [0.25, 0.3) is 0 Å². The van der Waals surface area contributed by atoms with E-state index >= 15 is 8.78 Å². The van der Waals surface area contributed by atoms with Crippen molar-refractivity contribution in [2.45, 2.75) is 84.8 Å². The molecule has 0 aliphatic carbocycles. The van der Waals surface area contributed by atoms with E-state index in [1.807, 2.05) is 30.6 Å². The van der Waals surface area contributed by atoms with Crippen molar-refractivity contribution in [3.63, 3.8) is 0 Å². The number of halogens is 2. The number of benzene rings is 2. The largest absolute Gasteiger partial charge is 0.340 e. The minimum absolute atomic E-state index is 0.0833. The first-order valence-corrected chi connectivity index (χ1v) is 17.6. The number of aromatic amines is 2. The first-order valence-electron chi connectivity index (χ1n) is 17.6. The lowest BCUT2D eigenvalue weighted by atomic mass is 10.00. The Balaban J connectivity index is 1.16. The van der Waals surface area contributed by atoms with Crippen LogP contribution in [-0.2, 0) is 9.59 Å². The molecule has 0 unspecified atom stereocenters. The van der Waals surface area contributed by atoms with Gasteiger partial charge in [0.2, 0.25) is 11.8 Å². The van der Waals surface area contributed by atoms with Crippen molar-refractivity contribution in [2.75, 3.05) is 26.2 Å². The van der Waals surface area contributed by atoms with E-state index in [-0.39, 0.29) is 35.9 Å². The lowest BCUT2D eigenvalue weighted by Gasteiger charge is -2.31. The smallest absolute Gasteiger partial charge is 0.240 e. The molecule has 2 amide bonds. The van der Waals surface area contributed by atoms with Gasteiger partial charge < -0.3 is 19.8 Å². The number of imidazole rings is 2. The van der Waals surface area contributed by atoms with E-state index in [2.05, 4.69) is 38.7 Å². The van der Waals surface area contributed by atoms with Crippen molar-refractivity contribution < 1.29 is 18.4 Å². The monoisotopic (exact) mass is 671 g/mol. The molecule has 2 aliphatic rings. The van der Waals surface area contributed by atoms with Gasteiger partial charge >= 0.3 is 0 Å². The molecule has 3 atom stereocenters. The number of aromatic nitrogens is 4. The highest BCUT2D eigenvalue weighted by Gasteiger charge is 2.36. The van der Waals surface area contributed by atoms with Crippen LogP contribution < -0.4 is 0 Å². The fourth-order valence-corrected chi connectivity index (χ4v) is 7.41. The maximum atomic E-state index is 15.6. The molecular weight excluding hydrogens is 624 g/mol. The van der Waals surface area contributed by atoms with Crippen molar-refractivity contribution in [1.82, 2.24) is 34.6 Å². The summed E-state index contributed by atoms with van der Waals surface area (Å²) in [6.07, 6.45) is 7.11. The number of rotatable bonds is 11. The molecule has 6 rings (SSSR count). The molecule has 9 nitrogen and oxygen atoms in total. The minimum Gasteiger partial charge on any atom is -0.340 e. The number of nitrogens with one attached hydrogen (secondary N) is 2. The fraction of sp³-hybridized carbons (Fsp3) is 0.474. The van der Waals surface area contributed by atoms with Gasteiger partial charge in [0.05, 0.1) is 41.9 Å². The molecule has 4 heterocycles. The Morgan fingerprint density at radius 3 is 1.78 bits per heavy atom. The van der Waals surface area contributed by atoms with E-state index in [1.165, 1.54) is 12.1 Å². The molecule has 4 aromatic rings. The molecule has 0 saturated carbocycles. The van der Waals surface area contributed by atoms with E-state index in [9.17, 15) is 9.59 Å². The lowest BCUT2D eigenvalue weighted by molar-refractivity contribution is -0.137. The zero-order valence-corrected chi connectivity index (χ0v) is 29.1. The molecule has 2 aliphatic heterocycles. The normalized spacial score (nSPS) is 18.6. The summed E-state index contributed by atoms with van der Waals surface area (Å²) < 4.78 is 31.1. The van der Waals surface area contributed by atoms with Gasteiger partial charge in [0.15, 0.2) is 0 Å². The van der Waals surface area contributed by atoms with Gasteiger partial charge in [-0.3, -0.25) is 14.5 Å². The summed E-state index contributed by atoms with van der Waals surface area (Å²) in [7, 11) is 0. The number of likely N-dealkylation sites (N-methyl/N-ethyl adjacent to an activating group) is 1. The number of H-pyrrole nitrogens is 2. The summed E-state index contributed by atoms with van der Waals surface area (Å²) in [5, 5.41) is 0. The van der Waals surface area contributed by atoms with Gasteiger partial charge in [-0.2, -0.15) is 0 Å². The van der Waals surface area contributed by atoms with Crippen molar-refractivity contribution in [3.8, 4) is 33.6 Å². The Morgan fingerprint density at radius 2 is 1.31 bits per heavy atom. The lowest BCUT2D eigenvalue weighted by Crippen LogP contribution is -2.46. The zero-order chi connectivity index (χ0) is 34.8. The Labute approximate surface area is 287 Å². The van der Waals surface area contributed by atoms with Crippen LogP contribution in [0.2, 0.25) is 0 Å². The molecule has 11 heteroatoms. The average molecular weight is 672 g/mol. The van der Waals surface area contributed by atoms with Crippen LogP contribution in [0.4, 0.5) is 8.78 Å². The minimum atomic E-state index is -0.460. The first-order chi connectivity index (χ1) is 23.6. The molecule has 2 aromatic carbocycles. The molecule has 260 valence electrons. The second-order valence-electron chi connectivity index (χ2n) is 13.7. The van der Waals surface area contributed by atoms with Crippen LogP contribution >= 0.6 is 0 Å². The van der Waals surface area contributed by atoms with E-state index < -0.39 is 11.6 Å². The zero-order valence-electron chi connectivity index (χ0n) is 29.1. The van der Waals surface area contributed by atoms with Crippen molar-refractivity contribution in [1.29, 1.82) is 0 Å². The summed E-state index contributed by atoms with van der Waals surface area (Å²) in [5.41, 5.74) is 2.85. The highest BCUT2D eigenvalue weighted by atomic mass is 19.1. The number of amides is 2. The van der Waals surface area contributed by atoms with Crippen molar-refractivity contribution in [3.05, 3.63) is 72.1 Å². The van der Waals surface area contributed by atoms with Crippen molar-refractivity contribution in [2.24, 2.45) is 5.92 Å². The Morgan fingerprint density at radius 1 is 0.816 bits per heavy atom. The van der Waals surface area contributed by atoms with E-state index in [4.69, 9.17) is 0 Å². The summed E-state index contributed by atoms with van der Waals surface area (Å²) in [4.78, 5) is 47.7. The fourth-order valence-electron chi connectivity index (χ4n) is 7.41. The van der Waals surface area contributed by atoms with Crippen LogP contribution in [0, 0.1) is 17.6 Å². The van der Waals surface area contributed by atoms with Crippen LogP contribution in [0.3, 0.4) is 0 Å². The standard InChI is InChI=1S/C38H47F2N7O2/c1-6-45(7-2)24(5)38(49)47-17-9-11-34(47)37-42-22-32(44-37)28-15-13-26(20-30(28)40)25-12-14-27(29(39)19-25)31-21-41-36(43-31)33-10-8-16-46(33)35(48)18-23(3)4/h12-15,19-24,33-34H,6-11,16-18H2,1-5H3,(H,41,43)(H,42,44)/t24-,33+,34+/m1/s1. The number of nitrogens with zero attached hydrogens (tertiary/aromatic N) is 5. The SMILES string of the molecule is CCN(CC)[C@H](C)C(=O)N1CCC[C@H]1c1ncc(-c2ccc(-c3ccc(-c4cnc([C@@H]5CCCN5C(=O)CC(C)C)[nH]4)c(F)c3)cc2F)[nH]1. The van der Waals surface area contributed by atoms with Gasteiger partial charge in [-0.15, -0.1) is 0 Å². The van der Waals surface area contributed by atoms with Gasteiger partial charge in [-0.1, -0.05) is 39.8 Å². The Kier molecular flexibility index (Phi) is 10.3. The highest BCUT2D eigenvalue weighted by molar-refractivity contribution is 5.82. The number of hydrogen-bond donors (Lipinski definition) is 2. The third-order valence-electron chi connectivity index (χ3n) is 10.1. The second-order valence-corrected chi connectivity index (χ2v) is 13.7. The molecule has 0 radical (unpaired) electrons. The molecule has 49 heavy (non-hydrogen) atoms. The van der Waals surface area contributed by atoms with Gasteiger partial charge in [0, 0.05) is 30.6 Å². The summed E-state index contributed by atoms with van der Waals surface area (Å²) >= 11 is 0. The van der Waals surface area contributed by atoms with E-state index in [0.717, 1.165) is 38.8 Å². The van der Waals surface area contributed by atoms with Gasteiger partial charge in [-0.25, -0.2) is 18.7 Å². The van der Waals surface area contributed by atoms with Crippen LogP contribution in [0.1, 0.15) is 90.5 Å². The van der Waals surface area contributed by atoms with Crippen LogP contribution in [0.25, 0.3) is 33.6 Å². The molecule has 2 saturated heterocycles. The van der Waals surface area contributed by atoms with Crippen molar-refractivity contribution >= 4 is 11.8 Å². The third kappa shape index (κ3) is 7.04. The maximum Gasteiger partial charge on any atom is 0.240 e. The Hall–Kier alpha value is -4.38. The van der Waals surface area contributed by atoms with E-state index in [1.54, 1.807) is 36.7 Å². The molecule has 2 aromatic heterocycles. The van der Waals surface area contributed by atoms with Crippen LogP contribution in [0.5, 0.6) is 0 Å². The van der Waals surface area contributed by atoms with Crippen LogP contribution in [0.15, 0.2) is 48.8 Å². The predicted octanol–water partition coefficient (Wildman–Crippen LogP) is 7.52. The van der Waals surface area contributed by atoms with Crippen LogP contribution in [-0.4, -0.2) is 78.7 Å². The molecule has 2 N–H and O–H groups in total. The highest BCUT2D eigenvalue weighted by Crippen LogP contribution is 2.36. The van der Waals surface area contributed by atoms with Gasteiger partial charge in [-0.05, 0) is 87.0 Å². The number of likely N-dealkylation sites (tertiary alicyclic amines) is 2. The maximum absolute atomic E-state index is 15.6. The molecule has 2 fully saturated rings. The number of carbonyl (C=O) groups is 2. The molecular formula is C38H47F2N7O2.